The van der Waals surface area contributed by atoms with Crippen LogP contribution in [-0.4, -0.2) is 56.8 Å². The van der Waals surface area contributed by atoms with Gasteiger partial charge in [-0.25, -0.2) is 4.39 Å². The van der Waals surface area contributed by atoms with Gasteiger partial charge >= 0.3 is 0 Å². The fourth-order valence-electron chi connectivity index (χ4n) is 4.18. The monoisotopic (exact) mass is 489 g/mol. The molecule has 0 bridgehead atoms. The number of nitriles is 1. The van der Waals surface area contributed by atoms with Gasteiger partial charge in [0.2, 0.25) is 0 Å². The van der Waals surface area contributed by atoms with Crippen LogP contribution in [0.3, 0.4) is 0 Å². The second-order valence-electron chi connectivity index (χ2n) is 8.92. The van der Waals surface area contributed by atoms with Crippen molar-refractivity contribution in [3.8, 4) is 6.07 Å². The van der Waals surface area contributed by atoms with Crippen molar-refractivity contribution in [1.29, 1.82) is 5.26 Å². The Morgan fingerprint density at radius 2 is 1.86 bits per heavy atom. The first-order valence-electron chi connectivity index (χ1n) is 12.4. The van der Waals surface area contributed by atoms with Gasteiger partial charge in [-0.2, -0.15) is 5.26 Å². The van der Waals surface area contributed by atoms with Gasteiger partial charge in [0.05, 0.1) is 11.3 Å². The third kappa shape index (κ3) is 6.46. The molecule has 0 atom stereocenters. The van der Waals surface area contributed by atoms with Crippen molar-refractivity contribution in [2.45, 2.75) is 20.3 Å². The van der Waals surface area contributed by atoms with Crippen LogP contribution in [0.5, 0.6) is 0 Å². The standard InChI is InChI=1S/C29H36FN5O/c1-5-13-32-28(21-36)22(6-2)19-29(23-7-8-24(20-31)27(30)18-23)34(4)25-9-11-26(12-10-25)35-16-14-33(3)15-17-35/h6-12,18-19,21,32,36H,5,13-17H2,1-4H3/b22-6+,28-21?,29-19-. The first-order valence-corrected chi connectivity index (χ1v) is 12.4. The predicted octanol–water partition coefficient (Wildman–Crippen LogP) is 5.27. The highest BCUT2D eigenvalue weighted by atomic mass is 19.1. The largest absolute Gasteiger partial charge is 0.513 e. The van der Waals surface area contributed by atoms with Crippen LogP contribution < -0.4 is 15.1 Å². The molecular weight excluding hydrogens is 453 g/mol. The fourth-order valence-corrected chi connectivity index (χ4v) is 4.18. The summed E-state index contributed by atoms with van der Waals surface area (Å²) in [5.74, 6) is -0.566. The van der Waals surface area contributed by atoms with Crippen molar-refractivity contribution in [2.24, 2.45) is 0 Å². The van der Waals surface area contributed by atoms with Crippen LogP contribution in [0.2, 0.25) is 0 Å². The summed E-state index contributed by atoms with van der Waals surface area (Å²) in [6, 6.07) is 14.9. The molecule has 0 amide bonds. The van der Waals surface area contributed by atoms with Crippen LogP contribution in [0.1, 0.15) is 31.4 Å². The van der Waals surface area contributed by atoms with Gasteiger partial charge in [0.1, 0.15) is 18.1 Å². The Hall–Kier alpha value is -3.76. The highest BCUT2D eigenvalue weighted by molar-refractivity contribution is 5.82. The van der Waals surface area contributed by atoms with Gasteiger partial charge in [0, 0.05) is 62.4 Å². The number of benzene rings is 2. The molecule has 2 N–H and O–H groups in total. The highest BCUT2D eigenvalue weighted by Crippen LogP contribution is 2.30. The maximum atomic E-state index is 14.6. The Morgan fingerprint density at radius 1 is 1.17 bits per heavy atom. The Balaban J connectivity index is 1.99. The van der Waals surface area contributed by atoms with E-state index < -0.39 is 5.82 Å². The molecule has 0 unspecified atom stereocenters. The van der Waals surface area contributed by atoms with Crippen molar-refractivity contribution in [3.63, 3.8) is 0 Å². The maximum absolute atomic E-state index is 14.6. The molecule has 36 heavy (non-hydrogen) atoms. The zero-order valence-corrected chi connectivity index (χ0v) is 21.6. The minimum Gasteiger partial charge on any atom is -0.513 e. The summed E-state index contributed by atoms with van der Waals surface area (Å²) in [4.78, 5) is 6.70. The molecule has 0 radical (unpaired) electrons. The van der Waals surface area contributed by atoms with E-state index in [1.165, 1.54) is 17.8 Å². The number of aliphatic hydroxyl groups excluding tert-OH is 1. The number of rotatable bonds is 9. The maximum Gasteiger partial charge on any atom is 0.141 e. The second kappa shape index (κ2) is 12.8. The number of hydrogen-bond acceptors (Lipinski definition) is 6. The molecule has 1 heterocycles. The van der Waals surface area contributed by atoms with Crippen molar-refractivity contribution >= 4 is 17.1 Å². The lowest BCUT2D eigenvalue weighted by Gasteiger charge is -2.34. The minimum absolute atomic E-state index is 0.00379. The average molecular weight is 490 g/mol. The van der Waals surface area contributed by atoms with Crippen LogP contribution in [0.4, 0.5) is 15.8 Å². The second-order valence-corrected chi connectivity index (χ2v) is 8.92. The number of allylic oxidation sites excluding steroid dienone is 2. The van der Waals surface area contributed by atoms with E-state index in [0.29, 0.717) is 17.8 Å². The summed E-state index contributed by atoms with van der Waals surface area (Å²) in [6.07, 6.45) is 5.78. The molecular formula is C29H36FN5O. The van der Waals surface area contributed by atoms with E-state index >= 15 is 0 Å². The summed E-state index contributed by atoms with van der Waals surface area (Å²) >= 11 is 0. The van der Waals surface area contributed by atoms with Crippen LogP contribution in [0.15, 0.2) is 72.1 Å². The number of likely N-dealkylation sites (N-methyl/N-ethyl adjacent to an activating group) is 1. The molecule has 0 spiro atoms. The lowest BCUT2D eigenvalue weighted by Crippen LogP contribution is -2.44. The topological polar surface area (TPSA) is 65.8 Å². The number of anilines is 2. The fraction of sp³-hybridized carbons (Fsp3) is 0.345. The average Bonchev–Trinajstić information content (AvgIpc) is 2.91. The van der Waals surface area contributed by atoms with E-state index in [-0.39, 0.29) is 5.56 Å². The van der Waals surface area contributed by atoms with Crippen molar-refractivity contribution in [2.75, 3.05) is 56.6 Å². The van der Waals surface area contributed by atoms with Gasteiger partial charge < -0.3 is 25.1 Å². The smallest absolute Gasteiger partial charge is 0.141 e. The molecule has 1 fully saturated rings. The zero-order valence-electron chi connectivity index (χ0n) is 21.6. The molecule has 190 valence electrons. The van der Waals surface area contributed by atoms with E-state index in [1.807, 2.05) is 37.1 Å². The third-order valence-electron chi connectivity index (χ3n) is 6.46. The summed E-state index contributed by atoms with van der Waals surface area (Å²) in [5, 5.41) is 22.3. The molecule has 1 aliphatic heterocycles. The molecule has 2 aromatic rings. The predicted molar refractivity (Wildman–Crippen MR) is 146 cm³/mol. The van der Waals surface area contributed by atoms with Crippen LogP contribution in [0, 0.1) is 17.1 Å². The molecule has 0 aromatic heterocycles. The molecule has 7 heteroatoms. The molecule has 0 saturated carbocycles. The first-order chi connectivity index (χ1) is 17.4. The SMILES string of the molecule is C/C=C(\C=C(\c1ccc(C#N)c(F)c1)N(C)c1ccc(N2CCN(C)CC2)cc1)C(=CO)NCCC. The summed E-state index contributed by atoms with van der Waals surface area (Å²) in [7, 11) is 4.07. The molecule has 2 aromatic carbocycles. The van der Waals surface area contributed by atoms with E-state index in [1.54, 1.807) is 6.07 Å². The van der Waals surface area contributed by atoms with Crippen LogP contribution >= 0.6 is 0 Å². The van der Waals surface area contributed by atoms with Crippen molar-refractivity contribution < 1.29 is 9.50 Å². The number of piperazine rings is 1. The lowest BCUT2D eigenvalue weighted by atomic mass is 10.0. The third-order valence-corrected chi connectivity index (χ3v) is 6.46. The highest BCUT2D eigenvalue weighted by Gasteiger charge is 2.17. The van der Waals surface area contributed by atoms with Crippen molar-refractivity contribution in [3.05, 3.63) is 89.1 Å². The van der Waals surface area contributed by atoms with E-state index in [9.17, 15) is 14.8 Å². The van der Waals surface area contributed by atoms with Gasteiger partial charge in [0.15, 0.2) is 0 Å². The molecule has 1 saturated heterocycles. The number of hydrogen-bond donors (Lipinski definition) is 2. The zero-order chi connectivity index (χ0) is 26.1. The summed E-state index contributed by atoms with van der Waals surface area (Å²) < 4.78 is 14.6. The van der Waals surface area contributed by atoms with Crippen LogP contribution in [0.25, 0.3) is 5.70 Å². The van der Waals surface area contributed by atoms with Gasteiger partial charge in [-0.3, -0.25) is 0 Å². The Labute approximate surface area is 214 Å². The first kappa shape index (κ1) is 26.8. The number of nitrogens with one attached hydrogen (secondary N) is 1. The quantitative estimate of drug-likeness (QED) is 0.369. The van der Waals surface area contributed by atoms with Gasteiger partial charge in [-0.15, -0.1) is 0 Å². The molecule has 0 aliphatic carbocycles. The van der Waals surface area contributed by atoms with Gasteiger partial charge in [-0.05, 0) is 68.4 Å². The normalized spacial score (nSPS) is 15.6. The summed E-state index contributed by atoms with van der Waals surface area (Å²) in [6.45, 7) is 8.72. The van der Waals surface area contributed by atoms with Gasteiger partial charge in [0.25, 0.3) is 0 Å². The molecule has 6 nitrogen and oxygen atoms in total. The molecule has 3 rings (SSSR count). The Kier molecular flexibility index (Phi) is 9.54. The van der Waals surface area contributed by atoms with E-state index in [0.717, 1.165) is 55.8 Å². The molecule has 1 aliphatic rings. The number of aliphatic hydroxyl groups is 1. The van der Waals surface area contributed by atoms with Crippen molar-refractivity contribution in [1.82, 2.24) is 10.2 Å². The lowest BCUT2D eigenvalue weighted by molar-refractivity contribution is 0.313. The van der Waals surface area contributed by atoms with Crippen LogP contribution in [-0.2, 0) is 0 Å². The number of halogens is 1. The van der Waals surface area contributed by atoms with E-state index in [4.69, 9.17) is 0 Å². The van der Waals surface area contributed by atoms with E-state index in [2.05, 4.69) is 53.4 Å². The minimum atomic E-state index is -0.566. The Bertz CT molecular complexity index is 1160. The summed E-state index contributed by atoms with van der Waals surface area (Å²) in [5.41, 5.74) is 4.84. The Morgan fingerprint density at radius 3 is 2.42 bits per heavy atom. The number of nitrogens with zero attached hydrogens (tertiary/aromatic N) is 4. The van der Waals surface area contributed by atoms with Gasteiger partial charge in [-0.1, -0.05) is 19.1 Å².